The molecular formula is C15H24N2O. The Morgan fingerprint density at radius 3 is 2.89 bits per heavy atom. The van der Waals surface area contributed by atoms with Crippen molar-refractivity contribution in [2.45, 2.75) is 38.3 Å². The summed E-state index contributed by atoms with van der Waals surface area (Å²) >= 11 is 0. The minimum atomic E-state index is 0.286. The monoisotopic (exact) mass is 248 g/mol. The number of rotatable bonds is 5. The maximum Gasteiger partial charge on any atom is 0.123 e. The molecule has 2 rings (SSSR count). The highest BCUT2D eigenvalue weighted by Gasteiger charge is 2.30. The maximum absolute atomic E-state index is 6.03. The minimum Gasteiger partial charge on any atom is -0.496 e. The highest BCUT2D eigenvalue weighted by atomic mass is 16.5. The van der Waals surface area contributed by atoms with Gasteiger partial charge in [-0.15, -0.1) is 0 Å². The maximum atomic E-state index is 6.03. The molecule has 0 saturated carbocycles. The average Bonchev–Trinajstić information content (AvgIpc) is 2.88. The van der Waals surface area contributed by atoms with Crippen LogP contribution in [0.4, 0.5) is 0 Å². The van der Waals surface area contributed by atoms with Gasteiger partial charge in [-0.05, 0) is 31.9 Å². The Labute approximate surface area is 110 Å². The highest BCUT2D eigenvalue weighted by molar-refractivity contribution is 5.36. The molecular weight excluding hydrogens is 224 g/mol. The minimum absolute atomic E-state index is 0.286. The second-order valence-corrected chi connectivity index (χ2v) is 4.94. The molecule has 100 valence electrons. The van der Waals surface area contributed by atoms with E-state index in [1.165, 1.54) is 24.8 Å². The van der Waals surface area contributed by atoms with Crippen LogP contribution in [0.1, 0.15) is 37.8 Å². The summed E-state index contributed by atoms with van der Waals surface area (Å²) in [5.74, 6) is 0.953. The Morgan fingerprint density at radius 2 is 2.22 bits per heavy atom. The number of methoxy groups -OCH3 is 1. The summed E-state index contributed by atoms with van der Waals surface area (Å²) in [6.07, 6.45) is 3.78. The van der Waals surface area contributed by atoms with E-state index in [1.807, 2.05) is 12.1 Å². The molecule has 1 aromatic carbocycles. The van der Waals surface area contributed by atoms with Crippen LogP contribution in [-0.2, 0) is 0 Å². The smallest absolute Gasteiger partial charge is 0.123 e. The summed E-state index contributed by atoms with van der Waals surface area (Å²) < 4.78 is 5.47. The number of likely N-dealkylation sites (tertiary alicyclic amines) is 1. The molecule has 1 aliphatic rings. The van der Waals surface area contributed by atoms with E-state index in [0.29, 0.717) is 12.6 Å². The van der Waals surface area contributed by atoms with Crippen molar-refractivity contribution in [3.05, 3.63) is 29.8 Å². The zero-order valence-corrected chi connectivity index (χ0v) is 11.4. The van der Waals surface area contributed by atoms with Gasteiger partial charge in [0.1, 0.15) is 5.75 Å². The summed E-state index contributed by atoms with van der Waals surface area (Å²) in [7, 11) is 1.73. The number of benzene rings is 1. The van der Waals surface area contributed by atoms with Gasteiger partial charge in [0, 0.05) is 18.2 Å². The first-order valence-electron chi connectivity index (χ1n) is 6.90. The molecule has 18 heavy (non-hydrogen) atoms. The number of hydrogen-bond acceptors (Lipinski definition) is 3. The van der Waals surface area contributed by atoms with Crippen molar-refractivity contribution in [3.8, 4) is 5.75 Å². The van der Waals surface area contributed by atoms with Crippen molar-refractivity contribution in [1.29, 1.82) is 0 Å². The van der Waals surface area contributed by atoms with Gasteiger partial charge in [0.05, 0.1) is 13.2 Å². The molecule has 2 unspecified atom stereocenters. The van der Waals surface area contributed by atoms with E-state index < -0.39 is 0 Å². The van der Waals surface area contributed by atoms with Crippen molar-refractivity contribution >= 4 is 0 Å². The summed E-state index contributed by atoms with van der Waals surface area (Å²) in [6.45, 7) is 4.06. The van der Waals surface area contributed by atoms with E-state index in [0.717, 1.165) is 12.3 Å². The van der Waals surface area contributed by atoms with Crippen LogP contribution in [-0.4, -0.2) is 31.1 Å². The van der Waals surface area contributed by atoms with Crippen LogP contribution in [0, 0.1) is 0 Å². The summed E-state index contributed by atoms with van der Waals surface area (Å²) in [5.41, 5.74) is 7.25. The van der Waals surface area contributed by atoms with Crippen molar-refractivity contribution in [1.82, 2.24) is 4.90 Å². The molecule has 1 aliphatic heterocycles. The third-order valence-electron chi connectivity index (χ3n) is 4.02. The molecule has 0 radical (unpaired) electrons. The van der Waals surface area contributed by atoms with Gasteiger partial charge >= 0.3 is 0 Å². The first-order chi connectivity index (χ1) is 8.81. The molecule has 1 fully saturated rings. The van der Waals surface area contributed by atoms with Crippen LogP contribution in [0.3, 0.4) is 0 Å². The predicted molar refractivity (Wildman–Crippen MR) is 74.8 cm³/mol. The highest BCUT2D eigenvalue weighted by Crippen LogP contribution is 2.34. The van der Waals surface area contributed by atoms with Gasteiger partial charge < -0.3 is 10.5 Å². The van der Waals surface area contributed by atoms with E-state index >= 15 is 0 Å². The molecule has 0 bridgehead atoms. The second kappa shape index (κ2) is 6.21. The van der Waals surface area contributed by atoms with Crippen LogP contribution in [0.25, 0.3) is 0 Å². The number of hydrogen-bond donors (Lipinski definition) is 1. The van der Waals surface area contributed by atoms with Crippen molar-refractivity contribution in [2.75, 3.05) is 20.2 Å². The van der Waals surface area contributed by atoms with Crippen molar-refractivity contribution < 1.29 is 4.74 Å². The molecule has 1 saturated heterocycles. The van der Waals surface area contributed by atoms with E-state index in [2.05, 4.69) is 24.0 Å². The normalized spacial score (nSPS) is 22.1. The molecule has 2 N–H and O–H groups in total. The third-order valence-corrected chi connectivity index (χ3v) is 4.02. The van der Waals surface area contributed by atoms with Gasteiger partial charge in [0.25, 0.3) is 0 Å². The zero-order chi connectivity index (χ0) is 13.0. The molecule has 3 heteroatoms. The largest absolute Gasteiger partial charge is 0.496 e. The third kappa shape index (κ3) is 2.52. The Kier molecular flexibility index (Phi) is 4.61. The number of para-hydroxylation sites is 1. The second-order valence-electron chi connectivity index (χ2n) is 4.94. The van der Waals surface area contributed by atoms with Gasteiger partial charge in [0.15, 0.2) is 0 Å². The quantitative estimate of drug-likeness (QED) is 0.870. The molecule has 2 atom stereocenters. The van der Waals surface area contributed by atoms with Gasteiger partial charge in [0.2, 0.25) is 0 Å². The lowest BCUT2D eigenvalue weighted by atomic mass is 10.0. The fourth-order valence-electron chi connectivity index (χ4n) is 3.09. The molecule has 0 aromatic heterocycles. The summed E-state index contributed by atoms with van der Waals surface area (Å²) in [4.78, 5) is 2.55. The number of nitrogens with two attached hydrogens (primary N) is 1. The standard InChI is InChI=1S/C15H24N2O/c1-3-12-7-6-10-17(12)14(11-16)13-8-4-5-9-15(13)18-2/h4-5,8-9,12,14H,3,6-7,10-11,16H2,1-2H3. The lowest BCUT2D eigenvalue weighted by Gasteiger charge is -2.33. The topological polar surface area (TPSA) is 38.5 Å². The Balaban J connectivity index is 2.27. The number of ether oxygens (including phenoxy) is 1. The fraction of sp³-hybridized carbons (Fsp3) is 0.600. The summed E-state index contributed by atoms with van der Waals surface area (Å²) in [6, 6.07) is 9.20. The van der Waals surface area contributed by atoms with Crippen LogP contribution >= 0.6 is 0 Å². The predicted octanol–water partition coefficient (Wildman–Crippen LogP) is 2.57. The first-order valence-corrected chi connectivity index (χ1v) is 6.90. The SMILES string of the molecule is CCC1CCCN1C(CN)c1ccccc1OC. The Hall–Kier alpha value is -1.06. The van der Waals surface area contributed by atoms with Crippen LogP contribution in [0.2, 0.25) is 0 Å². The van der Waals surface area contributed by atoms with Crippen LogP contribution < -0.4 is 10.5 Å². The van der Waals surface area contributed by atoms with Crippen molar-refractivity contribution in [2.24, 2.45) is 5.73 Å². The van der Waals surface area contributed by atoms with E-state index in [4.69, 9.17) is 10.5 Å². The lowest BCUT2D eigenvalue weighted by molar-refractivity contribution is 0.177. The summed E-state index contributed by atoms with van der Waals surface area (Å²) in [5, 5.41) is 0. The Morgan fingerprint density at radius 1 is 1.44 bits per heavy atom. The first kappa shape index (κ1) is 13.4. The molecule has 0 aliphatic carbocycles. The lowest BCUT2D eigenvalue weighted by Crippen LogP contribution is -2.37. The van der Waals surface area contributed by atoms with Crippen molar-refractivity contribution in [3.63, 3.8) is 0 Å². The molecule has 0 amide bonds. The van der Waals surface area contributed by atoms with Gasteiger partial charge in [-0.2, -0.15) is 0 Å². The number of nitrogens with zero attached hydrogens (tertiary/aromatic N) is 1. The van der Waals surface area contributed by atoms with Gasteiger partial charge in [-0.1, -0.05) is 25.1 Å². The van der Waals surface area contributed by atoms with Gasteiger partial charge in [-0.25, -0.2) is 0 Å². The van der Waals surface area contributed by atoms with Crippen LogP contribution in [0.15, 0.2) is 24.3 Å². The molecule has 1 aromatic rings. The zero-order valence-electron chi connectivity index (χ0n) is 11.4. The van der Waals surface area contributed by atoms with Gasteiger partial charge in [-0.3, -0.25) is 4.90 Å². The van der Waals surface area contributed by atoms with Crippen LogP contribution in [0.5, 0.6) is 5.75 Å². The van der Waals surface area contributed by atoms with E-state index in [-0.39, 0.29) is 6.04 Å². The average molecular weight is 248 g/mol. The molecule has 1 heterocycles. The Bertz CT molecular complexity index is 381. The fourth-order valence-corrected chi connectivity index (χ4v) is 3.09. The molecule has 3 nitrogen and oxygen atoms in total. The van der Waals surface area contributed by atoms with E-state index in [9.17, 15) is 0 Å². The molecule has 0 spiro atoms. The van der Waals surface area contributed by atoms with E-state index in [1.54, 1.807) is 7.11 Å².